The van der Waals surface area contributed by atoms with Crippen molar-refractivity contribution in [3.05, 3.63) is 0 Å². The maximum atomic E-state index is 12.1. The minimum atomic E-state index is 0.0425. The van der Waals surface area contributed by atoms with Gasteiger partial charge < -0.3 is 10.2 Å². The number of carbonyl (C=O) groups is 1. The summed E-state index contributed by atoms with van der Waals surface area (Å²) < 4.78 is 0. The third-order valence-electron chi connectivity index (χ3n) is 3.85. The van der Waals surface area contributed by atoms with Gasteiger partial charge in [0.2, 0.25) is 5.91 Å². The van der Waals surface area contributed by atoms with Crippen LogP contribution in [0.15, 0.2) is 0 Å². The summed E-state index contributed by atoms with van der Waals surface area (Å²) in [5.41, 5.74) is 0.271. The molecule has 16 heavy (non-hydrogen) atoms. The normalized spacial score (nSPS) is 24.7. The Labute approximate surface area is 99.6 Å². The van der Waals surface area contributed by atoms with Crippen molar-refractivity contribution in [2.24, 2.45) is 11.3 Å². The number of carbonyl (C=O) groups excluding carboxylic acids is 1. The molecule has 1 N–H and O–H groups in total. The fourth-order valence-electron chi connectivity index (χ4n) is 1.99. The Morgan fingerprint density at radius 2 is 2.12 bits per heavy atom. The molecule has 0 aromatic rings. The number of likely N-dealkylation sites (tertiary alicyclic amines) is 1. The van der Waals surface area contributed by atoms with Crippen LogP contribution in [-0.4, -0.2) is 37.0 Å². The van der Waals surface area contributed by atoms with Gasteiger partial charge in [0, 0.05) is 13.1 Å². The Kier molecular flexibility index (Phi) is 4.36. The van der Waals surface area contributed by atoms with E-state index >= 15 is 0 Å². The highest BCUT2D eigenvalue weighted by Crippen LogP contribution is 2.27. The van der Waals surface area contributed by atoms with Crippen LogP contribution in [0, 0.1) is 11.3 Å². The second-order valence-corrected chi connectivity index (χ2v) is 6.03. The van der Waals surface area contributed by atoms with Crippen LogP contribution in [0.1, 0.15) is 40.5 Å². The van der Waals surface area contributed by atoms with Gasteiger partial charge in [0.1, 0.15) is 0 Å². The molecule has 1 saturated heterocycles. The lowest BCUT2D eigenvalue weighted by atomic mass is 9.81. The molecule has 0 spiro atoms. The van der Waals surface area contributed by atoms with Crippen molar-refractivity contribution in [2.75, 3.05) is 20.1 Å². The predicted octanol–water partition coefficient (Wildman–Crippen LogP) is 1.88. The largest absolute Gasteiger partial charge is 0.341 e. The highest BCUT2D eigenvalue weighted by molar-refractivity contribution is 5.82. The van der Waals surface area contributed by atoms with E-state index in [-0.39, 0.29) is 17.4 Å². The first-order chi connectivity index (χ1) is 7.36. The van der Waals surface area contributed by atoms with Crippen LogP contribution < -0.4 is 5.32 Å². The van der Waals surface area contributed by atoms with Crippen LogP contribution in [0.2, 0.25) is 0 Å². The molecule has 2 atom stereocenters. The summed E-state index contributed by atoms with van der Waals surface area (Å²) in [6.07, 6.45) is 2.10. The van der Waals surface area contributed by atoms with Gasteiger partial charge in [-0.05, 0) is 31.2 Å². The van der Waals surface area contributed by atoms with Crippen molar-refractivity contribution in [3.8, 4) is 0 Å². The molecule has 0 radical (unpaired) electrons. The zero-order valence-electron chi connectivity index (χ0n) is 11.3. The summed E-state index contributed by atoms with van der Waals surface area (Å²) >= 11 is 0. The molecule has 1 aliphatic rings. The molecule has 1 amide bonds. The molecule has 0 bridgehead atoms. The summed E-state index contributed by atoms with van der Waals surface area (Å²) in [6, 6.07) is 0.0425. The Morgan fingerprint density at radius 3 is 2.62 bits per heavy atom. The minimum absolute atomic E-state index is 0.0425. The van der Waals surface area contributed by atoms with Gasteiger partial charge in [-0.2, -0.15) is 0 Å². The SMILES string of the molecule is CNC1CCCN(CC(C)C(C)(C)C)C1=O. The van der Waals surface area contributed by atoms with Crippen molar-refractivity contribution >= 4 is 5.91 Å². The highest BCUT2D eigenvalue weighted by atomic mass is 16.2. The third-order valence-corrected chi connectivity index (χ3v) is 3.85. The molecule has 0 aromatic heterocycles. The number of likely N-dealkylation sites (N-methyl/N-ethyl adjacent to an activating group) is 1. The van der Waals surface area contributed by atoms with E-state index in [9.17, 15) is 4.79 Å². The molecular weight excluding hydrogens is 200 g/mol. The maximum absolute atomic E-state index is 12.1. The molecule has 94 valence electrons. The second kappa shape index (κ2) is 5.17. The fourth-order valence-corrected chi connectivity index (χ4v) is 1.99. The fraction of sp³-hybridized carbons (Fsp3) is 0.923. The van der Waals surface area contributed by atoms with E-state index in [1.165, 1.54) is 0 Å². The first-order valence-electron chi connectivity index (χ1n) is 6.32. The predicted molar refractivity (Wildman–Crippen MR) is 67.3 cm³/mol. The zero-order chi connectivity index (χ0) is 12.3. The van der Waals surface area contributed by atoms with Gasteiger partial charge in [0.05, 0.1) is 6.04 Å². The number of nitrogens with one attached hydrogen (secondary N) is 1. The van der Waals surface area contributed by atoms with Crippen molar-refractivity contribution < 1.29 is 4.79 Å². The second-order valence-electron chi connectivity index (χ2n) is 6.03. The van der Waals surface area contributed by atoms with Crippen LogP contribution in [-0.2, 0) is 4.79 Å². The van der Waals surface area contributed by atoms with Crippen LogP contribution >= 0.6 is 0 Å². The Hall–Kier alpha value is -0.570. The summed E-state index contributed by atoms with van der Waals surface area (Å²) in [7, 11) is 1.87. The van der Waals surface area contributed by atoms with Gasteiger partial charge in [-0.3, -0.25) is 4.79 Å². The first kappa shape index (κ1) is 13.5. The molecule has 0 aromatic carbocycles. The Morgan fingerprint density at radius 1 is 1.50 bits per heavy atom. The summed E-state index contributed by atoms with van der Waals surface area (Å²) in [5, 5.41) is 3.10. The van der Waals surface area contributed by atoms with E-state index in [1.807, 2.05) is 11.9 Å². The van der Waals surface area contributed by atoms with Crippen LogP contribution in [0.3, 0.4) is 0 Å². The first-order valence-corrected chi connectivity index (χ1v) is 6.32. The molecular formula is C13H26N2O. The number of nitrogens with zero attached hydrogens (tertiary/aromatic N) is 1. The van der Waals surface area contributed by atoms with Crippen molar-refractivity contribution in [1.82, 2.24) is 10.2 Å². The molecule has 0 aliphatic carbocycles. The van der Waals surface area contributed by atoms with Gasteiger partial charge in [0.15, 0.2) is 0 Å². The summed E-state index contributed by atoms with van der Waals surface area (Å²) in [4.78, 5) is 14.1. The van der Waals surface area contributed by atoms with E-state index in [0.717, 1.165) is 25.9 Å². The van der Waals surface area contributed by atoms with Crippen molar-refractivity contribution in [1.29, 1.82) is 0 Å². The number of hydrogen-bond donors (Lipinski definition) is 1. The molecule has 1 aliphatic heterocycles. The monoisotopic (exact) mass is 226 g/mol. The van der Waals surface area contributed by atoms with Gasteiger partial charge >= 0.3 is 0 Å². The molecule has 3 nitrogen and oxygen atoms in total. The average Bonchev–Trinajstić information content (AvgIpc) is 2.19. The van der Waals surface area contributed by atoms with E-state index < -0.39 is 0 Å². The molecule has 1 fully saturated rings. The maximum Gasteiger partial charge on any atom is 0.239 e. The lowest BCUT2D eigenvalue weighted by Crippen LogP contribution is -2.51. The smallest absolute Gasteiger partial charge is 0.239 e. The van der Waals surface area contributed by atoms with E-state index in [0.29, 0.717) is 5.92 Å². The quantitative estimate of drug-likeness (QED) is 0.797. The van der Waals surface area contributed by atoms with Gasteiger partial charge in [-0.25, -0.2) is 0 Å². The Balaban J connectivity index is 2.57. The lowest BCUT2D eigenvalue weighted by Gasteiger charge is -2.37. The molecule has 1 rings (SSSR count). The van der Waals surface area contributed by atoms with Crippen LogP contribution in [0.5, 0.6) is 0 Å². The van der Waals surface area contributed by atoms with E-state index in [4.69, 9.17) is 0 Å². The lowest BCUT2D eigenvalue weighted by molar-refractivity contribution is -0.136. The van der Waals surface area contributed by atoms with Crippen LogP contribution in [0.25, 0.3) is 0 Å². The molecule has 1 heterocycles. The van der Waals surface area contributed by atoms with Gasteiger partial charge in [0.25, 0.3) is 0 Å². The van der Waals surface area contributed by atoms with E-state index in [1.54, 1.807) is 0 Å². The van der Waals surface area contributed by atoms with Gasteiger partial charge in [-0.1, -0.05) is 27.7 Å². The Bertz CT molecular complexity index is 245. The highest BCUT2D eigenvalue weighted by Gasteiger charge is 2.30. The van der Waals surface area contributed by atoms with Gasteiger partial charge in [-0.15, -0.1) is 0 Å². The molecule has 0 saturated carbocycles. The standard InChI is InChI=1S/C13H26N2O/c1-10(13(2,3)4)9-15-8-6-7-11(14-5)12(15)16/h10-11,14H,6-9H2,1-5H3. The average molecular weight is 226 g/mol. The third kappa shape index (κ3) is 3.21. The van der Waals surface area contributed by atoms with Crippen molar-refractivity contribution in [2.45, 2.75) is 46.6 Å². The number of amides is 1. The number of rotatable bonds is 3. The minimum Gasteiger partial charge on any atom is -0.341 e. The van der Waals surface area contributed by atoms with Crippen molar-refractivity contribution in [3.63, 3.8) is 0 Å². The summed E-state index contributed by atoms with van der Waals surface area (Å²) in [5.74, 6) is 0.817. The molecule has 2 unspecified atom stereocenters. The topological polar surface area (TPSA) is 32.3 Å². The number of hydrogen-bond acceptors (Lipinski definition) is 2. The molecule has 3 heteroatoms. The number of piperidine rings is 1. The van der Waals surface area contributed by atoms with Crippen LogP contribution in [0.4, 0.5) is 0 Å². The van der Waals surface area contributed by atoms with E-state index in [2.05, 4.69) is 33.0 Å². The summed E-state index contributed by atoms with van der Waals surface area (Å²) in [6.45, 7) is 10.8. The zero-order valence-corrected chi connectivity index (χ0v) is 11.3.